The summed E-state index contributed by atoms with van der Waals surface area (Å²) < 4.78 is 17.0. The standard InChI is InChI=1S/C21H23BrN2O7/c1-4-29-18-10-14(17(22)12-19(18)30-5-2)11-20(25)31-13(3)21(26)23-15-6-8-16(9-7-15)24(27)28/h6-10,12-13H,4-5,11H2,1-3H3,(H,23,26). The van der Waals surface area contributed by atoms with Gasteiger partial charge in [0, 0.05) is 22.3 Å². The van der Waals surface area contributed by atoms with Crippen LogP contribution in [0, 0.1) is 10.1 Å². The van der Waals surface area contributed by atoms with Gasteiger partial charge in [-0.1, -0.05) is 15.9 Å². The lowest BCUT2D eigenvalue weighted by Crippen LogP contribution is -2.30. The summed E-state index contributed by atoms with van der Waals surface area (Å²) >= 11 is 3.42. The van der Waals surface area contributed by atoms with Crippen LogP contribution in [0.15, 0.2) is 40.9 Å². The van der Waals surface area contributed by atoms with Crippen molar-refractivity contribution >= 4 is 39.2 Å². The van der Waals surface area contributed by atoms with Crippen molar-refractivity contribution in [3.63, 3.8) is 0 Å². The van der Waals surface area contributed by atoms with Crippen molar-refractivity contribution in [3.05, 3.63) is 56.5 Å². The summed E-state index contributed by atoms with van der Waals surface area (Å²) in [5, 5.41) is 13.2. The zero-order chi connectivity index (χ0) is 23.0. The molecular formula is C21H23BrN2O7. The Morgan fingerprint density at radius 2 is 1.68 bits per heavy atom. The van der Waals surface area contributed by atoms with E-state index in [2.05, 4.69) is 21.2 Å². The highest BCUT2D eigenvalue weighted by Crippen LogP contribution is 2.34. The van der Waals surface area contributed by atoms with Gasteiger partial charge in [0.25, 0.3) is 11.6 Å². The van der Waals surface area contributed by atoms with E-state index in [1.807, 2.05) is 13.8 Å². The highest BCUT2D eigenvalue weighted by atomic mass is 79.9. The number of ether oxygens (including phenoxy) is 3. The molecule has 0 aromatic heterocycles. The smallest absolute Gasteiger partial charge is 0.311 e. The minimum atomic E-state index is -1.06. The van der Waals surface area contributed by atoms with Gasteiger partial charge in [-0.05, 0) is 50.6 Å². The normalized spacial score (nSPS) is 11.4. The molecule has 0 aliphatic carbocycles. The van der Waals surface area contributed by atoms with Crippen molar-refractivity contribution in [1.29, 1.82) is 0 Å². The van der Waals surface area contributed by atoms with Crippen LogP contribution >= 0.6 is 15.9 Å². The van der Waals surface area contributed by atoms with E-state index in [4.69, 9.17) is 14.2 Å². The molecule has 2 rings (SSSR count). The lowest BCUT2D eigenvalue weighted by atomic mass is 10.1. The van der Waals surface area contributed by atoms with Crippen LogP contribution in [0.5, 0.6) is 11.5 Å². The third-order valence-corrected chi connectivity index (χ3v) is 4.81. The van der Waals surface area contributed by atoms with Crippen molar-refractivity contribution in [2.24, 2.45) is 0 Å². The van der Waals surface area contributed by atoms with E-state index in [0.717, 1.165) is 0 Å². The number of non-ortho nitro benzene ring substituents is 1. The zero-order valence-corrected chi connectivity index (χ0v) is 18.9. The Labute approximate surface area is 188 Å². The van der Waals surface area contributed by atoms with E-state index in [0.29, 0.717) is 40.4 Å². The molecule has 2 aromatic rings. The van der Waals surface area contributed by atoms with E-state index in [1.54, 1.807) is 12.1 Å². The summed E-state index contributed by atoms with van der Waals surface area (Å²) in [5.74, 6) is -0.0786. The number of anilines is 1. The Morgan fingerprint density at radius 1 is 1.10 bits per heavy atom. The molecule has 9 nitrogen and oxygen atoms in total. The summed E-state index contributed by atoms with van der Waals surface area (Å²) in [6.45, 7) is 6.05. The fraction of sp³-hybridized carbons (Fsp3) is 0.333. The topological polar surface area (TPSA) is 117 Å². The predicted octanol–water partition coefficient (Wildman–Crippen LogP) is 4.27. The quantitative estimate of drug-likeness (QED) is 0.297. The molecule has 1 atom stereocenters. The van der Waals surface area contributed by atoms with E-state index in [1.165, 1.54) is 31.2 Å². The molecule has 0 saturated heterocycles. The molecule has 0 bridgehead atoms. The van der Waals surface area contributed by atoms with Crippen LogP contribution in [0.3, 0.4) is 0 Å². The van der Waals surface area contributed by atoms with Gasteiger partial charge in [-0.2, -0.15) is 0 Å². The minimum Gasteiger partial charge on any atom is -0.490 e. The van der Waals surface area contributed by atoms with Crippen LogP contribution in [-0.4, -0.2) is 36.1 Å². The Bertz CT molecular complexity index is 947. The minimum absolute atomic E-state index is 0.0811. The summed E-state index contributed by atoms with van der Waals surface area (Å²) in [6.07, 6.45) is -1.14. The van der Waals surface area contributed by atoms with Crippen LogP contribution in [-0.2, 0) is 20.7 Å². The van der Waals surface area contributed by atoms with Gasteiger partial charge < -0.3 is 19.5 Å². The SMILES string of the molecule is CCOc1cc(Br)c(CC(=O)OC(C)C(=O)Nc2ccc([N+](=O)[O-])cc2)cc1OCC. The van der Waals surface area contributed by atoms with Gasteiger partial charge in [-0.25, -0.2) is 0 Å². The molecule has 31 heavy (non-hydrogen) atoms. The number of halogens is 1. The molecule has 1 N–H and O–H groups in total. The second kappa shape index (κ2) is 11.3. The fourth-order valence-electron chi connectivity index (χ4n) is 2.61. The first kappa shape index (κ1) is 24.1. The molecule has 0 spiro atoms. The molecule has 0 fully saturated rings. The van der Waals surface area contributed by atoms with Crippen LogP contribution in [0.4, 0.5) is 11.4 Å². The molecule has 0 heterocycles. The number of nitrogens with zero attached hydrogens (tertiary/aromatic N) is 1. The van der Waals surface area contributed by atoms with Crippen LogP contribution in [0.2, 0.25) is 0 Å². The van der Waals surface area contributed by atoms with Gasteiger partial charge in [0.2, 0.25) is 0 Å². The molecule has 1 unspecified atom stereocenters. The van der Waals surface area contributed by atoms with E-state index < -0.39 is 22.9 Å². The number of nitro groups is 1. The summed E-state index contributed by atoms with van der Waals surface area (Å²) in [6, 6.07) is 8.76. The van der Waals surface area contributed by atoms with Crippen LogP contribution in [0.1, 0.15) is 26.3 Å². The van der Waals surface area contributed by atoms with E-state index in [-0.39, 0.29) is 12.1 Å². The van der Waals surface area contributed by atoms with Crippen molar-refractivity contribution in [2.75, 3.05) is 18.5 Å². The second-order valence-electron chi connectivity index (χ2n) is 6.36. The lowest BCUT2D eigenvalue weighted by Gasteiger charge is -2.16. The maximum absolute atomic E-state index is 12.4. The van der Waals surface area contributed by atoms with Crippen molar-refractivity contribution in [2.45, 2.75) is 33.3 Å². The van der Waals surface area contributed by atoms with Crippen LogP contribution < -0.4 is 14.8 Å². The number of esters is 1. The number of hydrogen-bond donors (Lipinski definition) is 1. The lowest BCUT2D eigenvalue weighted by molar-refractivity contribution is -0.384. The molecular weight excluding hydrogens is 472 g/mol. The van der Waals surface area contributed by atoms with Gasteiger partial charge in [0.05, 0.1) is 24.6 Å². The summed E-state index contributed by atoms with van der Waals surface area (Å²) in [4.78, 5) is 34.8. The molecule has 0 saturated carbocycles. The number of benzene rings is 2. The van der Waals surface area contributed by atoms with Gasteiger partial charge in [-0.3, -0.25) is 19.7 Å². The predicted molar refractivity (Wildman–Crippen MR) is 117 cm³/mol. The first-order valence-electron chi connectivity index (χ1n) is 9.57. The number of hydrogen-bond acceptors (Lipinski definition) is 7. The molecule has 0 aliphatic heterocycles. The average Bonchev–Trinajstić information content (AvgIpc) is 2.71. The molecule has 0 aliphatic rings. The Hall–Kier alpha value is -3.14. The monoisotopic (exact) mass is 494 g/mol. The highest BCUT2D eigenvalue weighted by molar-refractivity contribution is 9.10. The summed E-state index contributed by atoms with van der Waals surface area (Å²) in [7, 11) is 0. The first-order valence-corrected chi connectivity index (χ1v) is 10.4. The number of carbonyl (C=O) groups excluding carboxylic acids is 2. The van der Waals surface area contributed by atoms with Gasteiger partial charge in [0.1, 0.15) is 0 Å². The molecule has 10 heteroatoms. The van der Waals surface area contributed by atoms with E-state index in [9.17, 15) is 19.7 Å². The van der Waals surface area contributed by atoms with Crippen molar-refractivity contribution < 1.29 is 28.7 Å². The maximum Gasteiger partial charge on any atom is 0.311 e. The second-order valence-corrected chi connectivity index (χ2v) is 7.21. The van der Waals surface area contributed by atoms with Crippen LogP contribution in [0.25, 0.3) is 0 Å². The third-order valence-electron chi connectivity index (χ3n) is 4.07. The van der Waals surface area contributed by atoms with Gasteiger partial charge in [-0.15, -0.1) is 0 Å². The average molecular weight is 495 g/mol. The Kier molecular flexibility index (Phi) is 8.80. The van der Waals surface area contributed by atoms with Gasteiger partial charge >= 0.3 is 5.97 Å². The number of carbonyl (C=O) groups is 2. The first-order chi connectivity index (χ1) is 14.7. The molecule has 1 amide bonds. The number of nitro benzene ring substituents is 1. The fourth-order valence-corrected chi connectivity index (χ4v) is 3.07. The molecule has 166 valence electrons. The number of nitrogens with one attached hydrogen (secondary N) is 1. The zero-order valence-electron chi connectivity index (χ0n) is 17.3. The third kappa shape index (κ3) is 6.95. The summed E-state index contributed by atoms with van der Waals surface area (Å²) in [5.41, 5.74) is 0.888. The Morgan fingerprint density at radius 3 is 2.23 bits per heavy atom. The molecule has 0 radical (unpaired) electrons. The highest BCUT2D eigenvalue weighted by Gasteiger charge is 2.20. The van der Waals surface area contributed by atoms with Gasteiger partial charge in [0.15, 0.2) is 17.6 Å². The number of rotatable bonds is 10. The van der Waals surface area contributed by atoms with E-state index >= 15 is 0 Å². The van der Waals surface area contributed by atoms with Crippen molar-refractivity contribution in [1.82, 2.24) is 0 Å². The van der Waals surface area contributed by atoms with Crippen molar-refractivity contribution in [3.8, 4) is 11.5 Å². The maximum atomic E-state index is 12.4. The number of amides is 1. The Balaban J connectivity index is 2.00. The molecule has 2 aromatic carbocycles. The largest absolute Gasteiger partial charge is 0.490 e.